The molecule has 0 spiro atoms. The first-order valence-corrected chi connectivity index (χ1v) is 11.6. The third-order valence-corrected chi connectivity index (χ3v) is 5.71. The van der Waals surface area contributed by atoms with E-state index in [0.29, 0.717) is 29.9 Å². The Morgan fingerprint density at radius 2 is 1.67 bits per heavy atom. The molecule has 0 fully saturated rings. The average molecular weight is 463 g/mol. The number of alkyl halides is 2. The Labute approximate surface area is 192 Å². The van der Waals surface area contributed by atoms with E-state index >= 15 is 0 Å². The summed E-state index contributed by atoms with van der Waals surface area (Å²) in [4.78, 5) is 12.2. The molecule has 1 aromatic carbocycles. The van der Waals surface area contributed by atoms with Crippen molar-refractivity contribution >= 4 is 29.2 Å². The van der Waals surface area contributed by atoms with Crippen LogP contribution in [0.2, 0.25) is 0 Å². The maximum atomic E-state index is 12.2. The van der Waals surface area contributed by atoms with Gasteiger partial charge in [0.25, 0.3) is 6.29 Å². The highest BCUT2D eigenvalue weighted by Crippen LogP contribution is 2.19. The quantitative estimate of drug-likeness (QED) is 0.108. The van der Waals surface area contributed by atoms with Crippen molar-refractivity contribution in [2.75, 3.05) is 41.1 Å². The minimum absolute atomic E-state index is 0.0713. The van der Waals surface area contributed by atoms with E-state index in [1.807, 2.05) is 20.2 Å². The van der Waals surface area contributed by atoms with Gasteiger partial charge in [-0.15, -0.1) is 23.2 Å². The summed E-state index contributed by atoms with van der Waals surface area (Å²) in [5.41, 5.74) is 0.503. The molecule has 1 rings (SSSR count). The SMILES string of the molecule is CCCCC(Cl)CCC(Cl)CCOC[N+](C)(C)CC(OC)OC(=O)c1ccccc1. The van der Waals surface area contributed by atoms with Crippen molar-refractivity contribution < 1.29 is 23.5 Å². The number of likely N-dealkylation sites (N-methyl/N-ethyl adjacent to an activating group) is 1. The van der Waals surface area contributed by atoms with Crippen LogP contribution in [0.15, 0.2) is 30.3 Å². The lowest BCUT2D eigenvalue weighted by atomic mass is 10.1. The van der Waals surface area contributed by atoms with Crippen molar-refractivity contribution in [2.45, 2.75) is 62.5 Å². The molecule has 0 aromatic heterocycles. The van der Waals surface area contributed by atoms with Crippen LogP contribution >= 0.6 is 23.2 Å². The summed E-state index contributed by atoms with van der Waals surface area (Å²) in [7, 11) is 5.55. The molecule has 0 aliphatic carbocycles. The zero-order valence-electron chi connectivity index (χ0n) is 18.8. The number of ether oxygens (including phenoxy) is 3. The molecule has 3 unspecified atom stereocenters. The summed E-state index contributed by atoms with van der Waals surface area (Å²) in [5, 5.41) is 0.286. The number of carbonyl (C=O) groups is 1. The first-order valence-electron chi connectivity index (χ1n) is 10.7. The van der Waals surface area contributed by atoms with E-state index < -0.39 is 12.3 Å². The van der Waals surface area contributed by atoms with Crippen molar-refractivity contribution in [1.29, 1.82) is 0 Å². The molecule has 3 atom stereocenters. The lowest BCUT2D eigenvalue weighted by molar-refractivity contribution is -0.914. The molecule has 0 radical (unpaired) electrons. The van der Waals surface area contributed by atoms with Crippen LogP contribution in [0.1, 0.15) is 55.8 Å². The molecule has 7 heteroatoms. The van der Waals surface area contributed by atoms with Crippen molar-refractivity contribution in [3.63, 3.8) is 0 Å². The van der Waals surface area contributed by atoms with Gasteiger partial charge in [-0.25, -0.2) is 4.79 Å². The van der Waals surface area contributed by atoms with Crippen LogP contribution in [-0.2, 0) is 14.2 Å². The van der Waals surface area contributed by atoms with Gasteiger partial charge in [0, 0.05) is 17.9 Å². The van der Waals surface area contributed by atoms with Gasteiger partial charge in [-0.05, 0) is 37.8 Å². The van der Waals surface area contributed by atoms with Crippen LogP contribution in [0, 0.1) is 0 Å². The Balaban J connectivity index is 2.29. The summed E-state index contributed by atoms with van der Waals surface area (Å²) in [6, 6.07) is 8.89. The van der Waals surface area contributed by atoms with E-state index in [9.17, 15) is 4.79 Å². The van der Waals surface area contributed by atoms with Crippen molar-refractivity contribution in [3.05, 3.63) is 35.9 Å². The molecule has 0 heterocycles. The third-order valence-electron chi connectivity index (χ3n) is 4.83. The van der Waals surface area contributed by atoms with E-state index in [1.165, 1.54) is 20.0 Å². The number of esters is 1. The van der Waals surface area contributed by atoms with Crippen LogP contribution in [0.25, 0.3) is 0 Å². The van der Waals surface area contributed by atoms with Gasteiger partial charge in [0.2, 0.25) is 0 Å². The summed E-state index contributed by atoms with van der Waals surface area (Å²) in [6.45, 7) is 3.71. The Hall–Kier alpha value is -0.850. The van der Waals surface area contributed by atoms with Gasteiger partial charge in [0.15, 0.2) is 6.73 Å². The predicted molar refractivity (Wildman–Crippen MR) is 123 cm³/mol. The van der Waals surface area contributed by atoms with Gasteiger partial charge < -0.3 is 18.7 Å². The molecule has 0 aliphatic rings. The maximum Gasteiger partial charge on any atom is 0.340 e. The van der Waals surface area contributed by atoms with Crippen LogP contribution in [0.3, 0.4) is 0 Å². The van der Waals surface area contributed by atoms with Crippen molar-refractivity contribution in [3.8, 4) is 0 Å². The molecular weight excluding hydrogens is 425 g/mol. The molecule has 1 aromatic rings. The minimum atomic E-state index is -0.652. The second-order valence-electron chi connectivity index (χ2n) is 8.30. The van der Waals surface area contributed by atoms with Gasteiger partial charge in [-0.2, -0.15) is 0 Å². The number of halogens is 2. The number of rotatable bonds is 16. The van der Waals surface area contributed by atoms with E-state index in [-0.39, 0.29) is 10.8 Å². The standard InChI is InChI=1S/C23H38Cl2NO4/c1-5-6-12-20(24)13-14-21(25)15-16-29-18-26(2,3)17-22(28-4)30-23(27)19-10-8-7-9-11-19/h7-11,20-22H,5-6,12-18H2,1-4H3/q+1. The third kappa shape index (κ3) is 12.1. The van der Waals surface area contributed by atoms with E-state index in [2.05, 4.69) is 6.92 Å². The largest absolute Gasteiger partial charge is 0.426 e. The molecule has 5 nitrogen and oxygen atoms in total. The first-order chi connectivity index (χ1) is 14.3. The van der Waals surface area contributed by atoms with Crippen molar-refractivity contribution in [1.82, 2.24) is 0 Å². The number of unbranched alkanes of at least 4 members (excludes halogenated alkanes) is 1. The zero-order valence-corrected chi connectivity index (χ0v) is 20.3. The second-order valence-corrected chi connectivity index (χ2v) is 9.53. The number of nitrogens with zero attached hydrogens (tertiary/aromatic N) is 1. The lowest BCUT2D eigenvalue weighted by Crippen LogP contribution is -2.48. The highest BCUT2D eigenvalue weighted by atomic mass is 35.5. The number of hydrogen-bond donors (Lipinski definition) is 0. The molecule has 0 bridgehead atoms. The topological polar surface area (TPSA) is 44.8 Å². The Morgan fingerprint density at radius 1 is 1.03 bits per heavy atom. The predicted octanol–water partition coefficient (Wildman–Crippen LogP) is 5.44. The van der Waals surface area contributed by atoms with E-state index in [1.54, 1.807) is 24.3 Å². The summed E-state index contributed by atoms with van der Waals surface area (Å²) >= 11 is 12.7. The minimum Gasteiger partial charge on any atom is -0.426 e. The first kappa shape index (κ1) is 27.2. The average Bonchev–Trinajstić information content (AvgIpc) is 2.73. The monoisotopic (exact) mass is 462 g/mol. The molecule has 0 saturated carbocycles. The normalized spacial score (nSPS) is 14.9. The lowest BCUT2D eigenvalue weighted by Gasteiger charge is -2.32. The number of hydrogen-bond acceptors (Lipinski definition) is 4. The van der Waals surface area contributed by atoms with Gasteiger partial charge in [-0.3, -0.25) is 0 Å². The van der Waals surface area contributed by atoms with Crippen LogP contribution in [0.4, 0.5) is 0 Å². The number of methoxy groups -OCH3 is 1. The van der Waals surface area contributed by atoms with Crippen LogP contribution in [-0.4, -0.2) is 68.6 Å². The number of quaternary nitrogens is 1. The summed E-state index contributed by atoms with van der Waals surface area (Å²) in [5.74, 6) is -0.398. The Morgan fingerprint density at radius 3 is 2.27 bits per heavy atom. The maximum absolute atomic E-state index is 12.2. The smallest absolute Gasteiger partial charge is 0.340 e. The molecular formula is C23H38Cl2NO4+. The van der Waals surface area contributed by atoms with Gasteiger partial charge in [0.1, 0.15) is 6.54 Å². The Kier molecular flexibility index (Phi) is 13.6. The highest BCUT2D eigenvalue weighted by Gasteiger charge is 2.26. The zero-order chi connectivity index (χ0) is 22.4. The van der Waals surface area contributed by atoms with Crippen molar-refractivity contribution in [2.24, 2.45) is 0 Å². The molecule has 172 valence electrons. The number of carbonyl (C=O) groups excluding carboxylic acids is 1. The van der Waals surface area contributed by atoms with Crippen LogP contribution < -0.4 is 0 Å². The van der Waals surface area contributed by atoms with Gasteiger partial charge in [0.05, 0.1) is 26.3 Å². The van der Waals surface area contributed by atoms with Gasteiger partial charge in [-0.1, -0.05) is 38.0 Å². The molecule has 0 N–H and O–H groups in total. The molecule has 0 saturated heterocycles. The fourth-order valence-corrected chi connectivity index (χ4v) is 3.47. The molecule has 0 aliphatic heterocycles. The molecule has 0 amide bonds. The number of benzene rings is 1. The summed E-state index contributed by atoms with van der Waals surface area (Å²) in [6.07, 6.45) is 5.38. The van der Waals surface area contributed by atoms with Gasteiger partial charge >= 0.3 is 5.97 Å². The second kappa shape index (κ2) is 15.0. The highest BCUT2D eigenvalue weighted by molar-refractivity contribution is 6.21. The van der Waals surface area contributed by atoms with E-state index in [0.717, 1.165) is 25.7 Å². The summed E-state index contributed by atoms with van der Waals surface area (Å²) < 4.78 is 17.2. The van der Waals surface area contributed by atoms with E-state index in [4.69, 9.17) is 37.4 Å². The molecule has 30 heavy (non-hydrogen) atoms. The Bertz CT molecular complexity index is 586. The van der Waals surface area contributed by atoms with Crippen LogP contribution in [0.5, 0.6) is 0 Å². The fraction of sp³-hybridized carbons (Fsp3) is 0.696. The fourth-order valence-electron chi connectivity index (χ4n) is 2.98.